The lowest BCUT2D eigenvalue weighted by Gasteiger charge is -2.27. The largest absolute Gasteiger partial charge is 0.497 e. The fourth-order valence-corrected chi connectivity index (χ4v) is 2.43. The van der Waals surface area contributed by atoms with Gasteiger partial charge in [-0.1, -0.05) is 0 Å². The molecule has 0 unspecified atom stereocenters. The van der Waals surface area contributed by atoms with Gasteiger partial charge in [-0.15, -0.1) is 0 Å². The number of nitrogens with zero attached hydrogens (tertiary/aromatic N) is 1. The van der Waals surface area contributed by atoms with E-state index in [-0.39, 0.29) is 6.03 Å². The number of methoxy groups -OCH3 is 1. The van der Waals surface area contributed by atoms with Crippen LogP contribution in [0.4, 0.5) is 10.5 Å². The average molecular weight is 277 g/mol. The summed E-state index contributed by atoms with van der Waals surface area (Å²) in [6, 6.07) is 7.29. The van der Waals surface area contributed by atoms with Gasteiger partial charge in [0, 0.05) is 19.3 Å². The minimum absolute atomic E-state index is 0.0614. The minimum Gasteiger partial charge on any atom is -0.497 e. The number of hydrogen-bond acceptors (Lipinski definition) is 3. The molecule has 2 rings (SSSR count). The maximum absolute atomic E-state index is 12.1. The lowest BCUT2D eigenvalue weighted by Crippen LogP contribution is -2.39. The van der Waals surface area contributed by atoms with Crippen LogP contribution in [-0.4, -0.2) is 44.7 Å². The predicted molar refractivity (Wildman–Crippen MR) is 80.2 cm³/mol. The van der Waals surface area contributed by atoms with Gasteiger partial charge in [-0.05, 0) is 56.1 Å². The van der Waals surface area contributed by atoms with Crippen LogP contribution in [0.1, 0.15) is 12.8 Å². The summed E-state index contributed by atoms with van der Waals surface area (Å²) in [5.41, 5.74) is 0.785. The first-order valence-electron chi connectivity index (χ1n) is 7.06. The molecule has 2 N–H and O–H groups in total. The number of nitrogens with one attached hydrogen (secondary N) is 2. The van der Waals surface area contributed by atoms with Crippen molar-refractivity contribution in [2.75, 3.05) is 39.1 Å². The number of urea groups is 1. The summed E-state index contributed by atoms with van der Waals surface area (Å²) in [6.07, 6.45) is 2.28. The number of rotatable bonds is 4. The maximum Gasteiger partial charge on any atom is 0.321 e. The summed E-state index contributed by atoms with van der Waals surface area (Å²) in [6.45, 7) is 2.92. The molecule has 0 bridgehead atoms. The summed E-state index contributed by atoms with van der Waals surface area (Å²) in [7, 11) is 3.47. The molecule has 0 saturated carbocycles. The Morgan fingerprint density at radius 1 is 1.35 bits per heavy atom. The highest BCUT2D eigenvalue weighted by Crippen LogP contribution is 2.16. The van der Waals surface area contributed by atoms with E-state index < -0.39 is 0 Å². The van der Waals surface area contributed by atoms with Crippen LogP contribution in [0.2, 0.25) is 0 Å². The van der Waals surface area contributed by atoms with Crippen LogP contribution in [0, 0.1) is 5.92 Å². The van der Waals surface area contributed by atoms with E-state index in [1.54, 1.807) is 12.0 Å². The van der Waals surface area contributed by atoms with Gasteiger partial charge >= 0.3 is 6.03 Å². The van der Waals surface area contributed by atoms with Crippen LogP contribution in [0.5, 0.6) is 5.75 Å². The molecule has 1 saturated heterocycles. The number of amides is 2. The van der Waals surface area contributed by atoms with Gasteiger partial charge in [0.05, 0.1) is 7.11 Å². The number of carbonyl (C=O) groups is 1. The summed E-state index contributed by atoms with van der Waals surface area (Å²) in [5, 5.41) is 6.24. The molecule has 0 atom stereocenters. The van der Waals surface area contributed by atoms with Crippen LogP contribution < -0.4 is 15.4 Å². The Kier molecular flexibility index (Phi) is 5.24. The Labute approximate surface area is 120 Å². The second-order valence-electron chi connectivity index (χ2n) is 5.23. The molecule has 0 aliphatic carbocycles. The number of carbonyl (C=O) groups excluding carboxylic acids is 1. The van der Waals surface area contributed by atoms with E-state index in [2.05, 4.69) is 10.6 Å². The molecular weight excluding hydrogens is 254 g/mol. The quantitative estimate of drug-likeness (QED) is 0.886. The highest BCUT2D eigenvalue weighted by Gasteiger charge is 2.17. The Bertz CT molecular complexity index is 427. The SMILES string of the molecule is COc1ccc(NC(=O)N(C)CC2CCNCC2)cc1. The lowest BCUT2D eigenvalue weighted by molar-refractivity contribution is 0.206. The predicted octanol–water partition coefficient (Wildman–Crippen LogP) is 2.16. The van der Waals surface area contributed by atoms with Crippen molar-refractivity contribution in [1.29, 1.82) is 0 Å². The first-order chi connectivity index (χ1) is 9.69. The minimum atomic E-state index is -0.0614. The molecule has 0 radical (unpaired) electrons. The van der Waals surface area contributed by atoms with Gasteiger partial charge in [0.1, 0.15) is 5.75 Å². The Morgan fingerprint density at radius 2 is 2.00 bits per heavy atom. The van der Waals surface area contributed by atoms with Crippen molar-refractivity contribution >= 4 is 11.7 Å². The number of piperidine rings is 1. The summed E-state index contributed by atoms with van der Waals surface area (Å²) in [5.74, 6) is 1.38. The topological polar surface area (TPSA) is 53.6 Å². The number of hydrogen-bond donors (Lipinski definition) is 2. The van der Waals surface area contributed by atoms with Gasteiger partial charge in [0.2, 0.25) is 0 Å². The molecular formula is C15H23N3O2. The first kappa shape index (κ1) is 14.7. The van der Waals surface area contributed by atoms with Crippen LogP contribution in [0.3, 0.4) is 0 Å². The van der Waals surface area contributed by atoms with Crippen LogP contribution >= 0.6 is 0 Å². The van der Waals surface area contributed by atoms with E-state index in [1.165, 1.54) is 0 Å². The van der Waals surface area contributed by atoms with Gasteiger partial charge < -0.3 is 20.3 Å². The zero-order chi connectivity index (χ0) is 14.4. The first-order valence-corrected chi connectivity index (χ1v) is 7.06. The molecule has 1 aromatic carbocycles. The van der Waals surface area contributed by atoms with Crippen molar-refractivity contribution in [2.24, 2.45) is 5.92 Å². The zero-order valence-electron chi connectivity index (χ0n) is 12.2. The molecule has 1 aliphatic heterocycles. The van der Waals surface area contributed by atoms with Gasteiger partial charge in [-0.2, -0.15) is 0 Å². The highest BCUT2D eigenvalue weighted by atomic mass is 16.5. The standard InChI is InChI=1S/C15H23N3O2/c1-18(11-12-7-9-16-10-8-12)15(19)17-13-3-5-14(20-2)6-4-13/h3-6,12,16H,7-11H2,1-2H3,(H,17,19). The second-order valence-corrected chi connectivity index (χ2v) is 5.23. The molecule has 5 heteroatoms. The smallest absolute Gasteiger partial charge is 0.321 e. The third kappa shape index (κ3) is 4.13. The van der Waals surface area contributed by atoms with Crippen LogP contribution in [-0.2, 0) is 0 Å². The van der Waals surface area contributed by atoms with E-state index in [9.17, 15) is 4.79 Å². The third-order valence-corrected chi connectivity index (χ3v) is 3.68. The summed E-state index contributed by atoms with van der Waals surface area (Å²) >= 11 is 0. The highest BCUT2D eigenvalue weighted by molar-refractivity contribution is 5.89. The van der Waals surface area contributed by atoms with Crippen molar-refractivity contribution in [1.82, 2.24) is 10.2 Å². The van der Waals surface area contributed by atoms with Gasteiger partial charge in [0.15, 0.2) is 0 Å². The molecule has 20 heavy (non-hydrogen) atoms. The molecule has 110 valence electrons. The third-order valence-electron chi connectivity index (χ3n) is 3.68. The molecule has 0 aromatic heterocycles. The van der Waals surface area contributed by atoms with Crippen LogP contribution in [0.25, 0.3) is 0 Å². The second kappa shape index (κ2) is 7.14. The molecule has 1 heterocycles. The Morgan fingerprint density at radius 3 is 2.60 bits per heavy atom. The Balaban J connectivity index is 1.83. The van der Waals surface area contributed by atoms with Crippen molar-refractivity contribution in [2.45, 2.75) is 12.8 Å². The summed E-state index contributed by atoms with van der Waals surface area (Å²) in [4.78, 5) is 13.9. The summed E-state index contributed by atoms with van der Waals surface area (Å²) < 4.78 is 5.09. The molecule has 1 aliphatic rings. The maximum atomic E-state index is 12.1. The fourth-order valence-electron chi connectivity index (χ4n) is 2.43. The van der Waals surface area contributed by atoms with E-state index in [1.807, 2.05) is 31.3 Å². The van der Waals surface area contributed by atoms with E-state index in [4.69, 9.17) is 4.74 Å². The number of ether oxygens (including phenoxy) is 1. The monoisotopic (exact) mass is 277 g/mol. The Hall–Kier alpha value is -1.75. The van der Waals surface area contributed by atoms with Crippen molar-refractivity contribution in [3.05, 3.63) is 24.3 Å². The van der Waals surface area contributed by atoms with E-state index in [0.717, 1.165) is 43.9 Å². The van der Waals surface area contributed by atoms with Crippen LogP contribution in [0.15, 0.2) is 24.3 Å². The van der Waals surface area contributed by atoms with Gasteiger partial charge in [-0.3, -0.25) is 0 Å². The normalized spacial score (nSPS) is 15.7. The van der Waals surface area contributed by atoms with Gasteiger partial charge in [-0.25, -0.2) is 4.79 Å². The van der Waals surface area contributed by atoms with Crippen molar-refractivity contribution in [3.63, 3.8) is 0 Å². The number of anilines is 1. The van der Waals surface area contributed by atoms with Crippen molar-refractivity contribution < 1.29 is 9.53 Å². The lowest BCUT2D eigenvalue weighted by atomic mass is 9.98. The van der Waals surface area contributed by atoms with E-state index >= 15 is 0 Å². The average Bonchev–Trinajstić information content (AvgIpc) is 2.49. The fraction of sp³-hybridized carbons (Fsp3) is 0.533. The molecule has 1 aromatic rings. The molecule has 1 fully saturated rings. The van der Waals surface area contributed by atoms with E-state index in [0.29, 0.717) is 5.92 Å². The van der Waals surface area contributed by atoms with Gasteiger partial charge in [0.25, 0.3) is 0 Å². The molecule has 0 spiro atoms. The molecule has 5 nitrogen and oxygen atoms in total. The zero-order valence-corrected chi connectivity index (χ0v) is 12.2. The number of benzene rings is 1. The molecule has 2 amide bonds. The van der Waals surface area contributed by atoms with Crippen molar-refractivity contribution in [3.8, 4) is 5.75 Å².